The van der Waals surface area contributed by atoms with Gasteiger partial charge in [0.25, 0.3) is 0 Å². The summed E-state index contributed by atoms with van der Waals surface area (Å²) in [6.45, 7) is 6.36. The molecule has 1 unspecified atom stereocenters. The van der Waals surface area contributed by atoms with Gasteiger partial charge in [0.1, 0.15) is 13.2 Å². The summed E-state index contributed by atoms with van der Waals surface area (Å²) in [5.74, 6) is -1.07. The molecule has 0 N–H and O–H groups in total. The Labute approximate surface area is 356 Å². The Balaban J connectivity index is 4.55. The summed E-state index contributed by atoms with van der Waals surface area (Å²) >= 11 is 0. The summed E-state index contributed by atoms with van der Waals surface area (Å²) in [5.41, 5.74) is 0. The zero-order valence-corrected chi connectivity index (χ0v) is 37.5. The average Bonchev–Trinajstić information content (AvgIpc) is 3.22. The highest BCUT2D eigenvalue weighted by atomic mass is 16.6. The number of hydrogen-bond donors (Lipinski definition) is 0. The van der Waals surface area contributed by atoms with Gasteiger partial charge in [-0.3, -0.25) is 14.4 Å². The van der Waals surface area contributed by atoms with E-state index in [1.54, 1.807) is 6.08 Å². The Morgan fingerprint density at radius 2 is 0.741 bits per heavy atom. The van der Waals surface area contributed by atoms with Crippen molar-refractivity contribution in [3.63, 3.8) is 0 Å². The van der Waals surface area contributed by atoms with Crippen molar-refractivity contribution in [3.05, 3.63) is 85.1 Å². The predicted octanol–water partition coefficient (Wildman–Crippen LogP) is 15.3. The molecule has 6 heteroatoms. The Morgan fingerprint density at radius 3 is 1.22 bits per heavy atom. The lowest BCUT2D eigenvalue weighted by molar-refractivity contribution is -0.166. The predicted molar refractivity (Wildman–Crippen MR) is 247 cm³/mol. The molecule has 0 heterocycles. The van der Waals surface area contributed by atoms with Gasteiger partial charge in [0.15, 0.2) is 6.10 Å². The van der Waals surface area contributed by atoms with Gasteiger partial charge in [0.05, 0.1) is 6.42 Å². The van der Waals surface area contributed by atoms with Crippen molar-refractivity contribution in [1.29, 1.82) is 0 Å². The minimum Gasteiger partial charge on any atom is -0.462 e. The molecule has 0 aliphatic carbocycles. The number of carbonyl (C=O) groups excluding carboxylic acids is 3. The summed E-state index contributed by atoms with van der Waals surface area (Å²) in [6, 6.07) is 0. The van der Waals surface area contributed by atoms with Crippen molar-refractivity contribution >= 4 is 17.9 Å². The Kier molecular flexibility index (Phi) is 43.6. The highest BCUT2D eigenvalue weighted by molar-refractivity contribution is 5.72. The molecule has 1 atom stereocenters. The molecular weight excluding hydrogens is 721 g/mol. The third-order valence-electron chi connectivity index (χ3n) is 9.64. The largest absolute Gasteiger partial charge is 0.462 e. The first-order valence-corrected chi connectivity index (χ1v) is 23.6. The molecule has 0 rings (SSSR count). The minimum absolute atomic E-state index is 0.115. The Morgan fingerprint density at radius 1 is 0.379 bits per heavy atom. The van der Waals surface area contributed by atoms with E-state index in [1.807, 2.05) is 6.08 Å². The fourth-order valence-corrected chi connectivity index (χ4v) is 6.09. The molecule has 0 aliphatic rings. The van der Waals surface area contributed by atoms with Crippen LogP contribution in [0.1, 0.15) is 207 Å². The summed E-state index contributed by atoms with van der Waals surface area (Å²) < 4.78 is 16.6. The molecule has 6 nitrogen and oxygen atoms in total. The van der Waals surface area contributed by atoms with Crippen LogP contribution in [0.3, 0.4) is 0 Å². The van der Waals surface area contributed by atoms with E-state index in [4.69, 9.17) is 14.2 Å². The normalized spacial score (nSPS) is 12.8. The van der Waals surface area contributed by atoms with E-state index >= 15 is 0 Å². The second-order valence-electron chi connectivity index (χ2n) is 15.3. The Bertz CT molecular complexity index is 1160. The highest BCUT2D eigenvalue weighted by Gasteiger charge is 2.19. The lowest BCUT2D eigenvalue weighted by Gasteiger charge is -2.18. The summed E-state index contributed by atoms with van der Waals surface area (Å²) in [6.07, 6.45) is 58.7. The van der Waals surface area contributed by atoms with E-state index in [0.717, 1.165) is 96.3 Å². The van der Waals surface area contributed by atoms with Crippen LogP contribution in [0.2, 0.25) is 0 Å². The van der Waals surface area contributed by atoms with Crippen LogP contribution in [0.25, 0.3) is 0 Å². The lowest BCUT2D eigenvalue weighted by atomic mass is 10.1. The lowest BCUT2D eigenvalue weighted by Crippen LogP contribution is -2.30. The van der Waals surface area contributed by atoms with Gasteiger partial charge in [0.2, 0.25) is 0 Å². The van der Waals surface area contributed by atoms with Crippen LogP contribution in [-0.2, 0) is 28.6 Å². The number of carbonyl (C=O) groups is 3. The van der Waals surface area contributed by atoms with E-state index in [1.165, 1.54) is 70.6 Å². The van der Waals surface area contributed by atoms with Crippen LogP contribution in [0.4, 0.5) is 0 Å². The van der Waals surface area contributed by atoms with Gasteiger partial charge in [-0.25, -0.2) is 0 Å². The molecule has 330 valence electrons. The number of ether oxygens (including phenoxy) is 3. The van der Waals surface area contributed by atoms with Crippen molar-refractivity contribution in [1.82, 2.24) is 0 Å². The number of unbranched alkanes of at least 4 members (excludes halogenated alkanes) is 17. The number of rotatable bonds is 41. The van der Waals surface area contributed by atoms with Gasteiger partial charge in [0, 0.05) is 12.8 Å². The maximum absolute atomic E-state index is 12.7. The van der Waals surface area contributed by atoms with Crippen LogP contribution < -0.4 is 0 Å². The maximum atomic E-state index is 12.7. The van der Waals surface area contributed by atoms with Crippen molar-refractivity contribution in [2.45, 2.75) is 213 Å². The molecule has 0 spiro atoms. The van der Waals surface area contributed by atoms with Crippen LogP contribution in [0.15, 0.2) is 85.1 Å². The molecule has 0 aromatic rings. The minimum atomic E-state index is -0.822. The van der Waals surface area contributed by atoms with Gasteiger partial charge in [-0.1, -0.05) is 176 Å². The highest BCUT2D eigenvalue weighted by Crippen LogP contribution is 2.12. The standard InChI is InChI=1S/C52H86O6/c1-4-7-10-13-16-19-22-25-26-28-30-33-36-39-42-45-51(54)57-48-49(47-56-50(53)44-41-38-35-32-29-24-21-18-15-12-9-6-3)58-52(55)46-43-40-37-34-31-27-23-20-17-14-11-8-5-2/h7,10,16,18-21,23,25-26,30,33,39,42,49H,4-6,8-9,11-15,17,22,24,27-29,31-32,34-38,40-41,43-48H2,1-3H3/b10-7-,19-16-,21-18-,23-20-,26-25-,33-30-,42-39-. The quantitative estimate of drug-likeness (QED) is 0.0265. The third-order valence-corrected chi connectivity index (χ3v) is 9.64. The van der Waals surface area contributed by atoms with Gasteiger partial charge in [-0.05, 0) is 96.3 Å². The third kappa shape index (κ3) is 43.7. The average molecular weight is 807 g/mol. The molecule has 0 aliphatic heterocycles. The molecule has 0 saturated heterocycles. The van der Waals surface area contributed by atoms with Crippen molar-refractivity contribution in [3.8, 4) is 0 Å². The van der Waals surface area contributed by atoms with Crippen LogP contribution in [0.5, 0.6) is 0 Å². The van der Waals surface area contributed by atoms with Crippen molar-refractivity contribution < 1.29 is 28.6 Å². The molecule has 0 saturated carbocycles. The summed E-state index contributed by atoms with van der Waals surface area (Å²) in [5, 5.41) is 0. The van der Waals surface area contributed by atoms with Gasteiger partial charge in [-0.2, -0.15) is 0 Å². The SMILES string of the molecule is CC/C=C\C/C=C\C/C=C\C/C=C\C/C=C\CC(=O)OCC(COC(=O)CCCCCCC/C=C\CCCCC)OC(=O)CCCCCCC/C=C\CCCCCC. The molecule has 0 aromatic carbocycles. The Hall–Kier alpha value is -3.41. The molecule has 0 aromatic heterocycles. The number of hydrogen-bond acceptors (Lipinski definition) is 6. The maximum Gasteiger partial charge on any atom is 0.309 e. The fraction of sp³-hybridized carbons (Fsp3) is 0.673. The van der Waals surface area contributed by atoms with Crippen LogP contribution in [-0.4, -0.2) is 37.2 Å². The summed E-state index contributed by atoms with van der Waals surface area (Å²) in [4.78, 5) is 37.7. The molecule has 0 fully saturated rings. The van der Waals surface area contributed by atoms with Crippen LogP contribution >= 0.6 is 0 Å². The van der Waals surface area contributed by atoms with Crippen molar-refractivity contribution in [2.75, 3.05) is 13.2 Å². The zero-order valence-electron chi connectivity index (χ0n) is 37.5. The fourth-order valence-electron chi connectivity index (χ4n) is 6.09. The monoisotopic (exact) mass is 807 g/mol. The van der Waals surface area contributed by atoms with Crippen LogP contribution in [0, 0.1) is 0 Å². The van der Waals surface area contributed by atoms with Crippen molar-refractivity contribution in [2.24, 2.45) is 0 Å². The number of allylic oxidation sites excluding steroid dienone is 13. The second-order valence-corrected chi connectivity index (χ2v) is 15.3. The topological polar surface area (TPSA) is 78.9 Å². The molecule has 0 bridgehead atoms. The second kappa shape index (κ2) is 46.3. The molecule has 58 heavy (non-hydrogen) atoms. The first-order valence-electron chi connectivity index (χ1n) is 23.6. The van der Waals surface area contributed by atoms with E-state index in [2.05, 4.69) is 93.7 Å². The van der Waals surface area contributed by atoms with E-state index in [9.17, 15) is 14.4 Å². The smallest absolute Gasteiger partial charge is 0.309 e. The van der Waals surface area contributed by atoms with Gasteiger partial charge in [-0.15, -0.1) is 0 Å². The number of esters is 3. The first kappa shape index (κ1) is 54.6. The molecule has 0 amide bonds. The molecule has 0 radical (unpaired) electrons. The van der Waals surface area contributed by atoms with Gasteiger partial charge >= 0.3 is 17.9 Å². The first-order chi connectivity index (χ1) is 28.5. The zero-order chi connectivity index (χ0) is 42.3. The van der Waals surface area contributed by atoms with E-state index < -0.39 is 12.1 Å². The summed E-state index contributed by atoms with van der Waals surface area (Å²) in [7, 11) is 0. The van der Waals surface area contributed by atoms with Gasteiger partial charge < -0.3 is 14.2 Å². The molecular formula is C52H86O6. The van der Waals surface area contributed by atoms with E-state index in [0.29, 0.717) is 12.8 Å². The van der Waals surface area contributed by atoms with E-state index in [-0.39, 0.29) is 31.6 Å².